The van der Waals surface area contributed by atoms with E-state index in [2.05, 4.69) is 10.1 Å². The van der Waals surface area contributed by atoms with Crippen molar-refractivity contribution in [2.75, 3.05) is 25.2 Å². The summed E-state index contributed by atoms with van der Waals surface area (Å²) in [6, 6.07) is 3.37. The van der Waals surface area contributed by atoms with Crippen LogP contribution in [0, 0.1) is 10.1 Å². The number of ether oxygens (including phenoxy) is 1. The van der Waals surface area contributed by atoms with Crippen LogP contribution in [0.25, 0.3) is 0 Å². The molecule has 0 amide bonds. The number of hydrogen-bond acceptors (Lipinski definition) is 7. The Hall–Kier alpha value is -1.75. The second-order valence-corrected chi connectivity index (χ2v) is 5.77. The van der Waals surface area contributed by atoms with Crippen LogP contribution in [0.2, 0.25) is 0 Å². The highest BCUT2D eigenvalue weighted by Gasteiger charge is 2.21. The lowest BCUT2D eigenvalue weighted by Gasteiger charge is -2.11. The smallest absolute Gasteiger partial charge is 0.270 e. The number of non-ortho nitro benzene ring substituents is 1. The number of benzene rings is 1. The molecule has 0 aliphatic heterocycles. The number of nitrogens with two attached hydrogens (primary N) is 1. The Morgan fingerprint density at radius 3 is 2.71 bits per heavy atom. The van der Waals surface area contributed by atoms with Crippen LogP contribution >= 0.6 is 0 Å². The van der Waals surface area contributed by atoms with Crippen molar-refractivity contribution in [3.63, 3.8) is 0 Å². The summed E-state index contributed by atoms with van der Waals surface area (Å²) in [7, 11) is -3.90. The van der Waals surface area contributed by atoms with Crippen LogP contribution in [0.1, 0.15) is 13.3 Å². The third-order valence-electron chi connectivity index (χ3n) is 2.58. The molecule has 0 unspecified atom stereocenters. The van der Waals surface area contributed by atoms with Crippen LogP contribution in [0.15, 0.2) is 23.1 Å². The summed E-state index contributed by atoms with van der Waals surface area (Å²) in [5.74, 6) is 5.24. The molecule has 0 aliphatic carbocycles. The maximum atomic E-state index is 12.1. The third-order valence-corrected chi connectivity index (χ3v) is 4.08. The number of hydrazine groups is 1. The van der Waals surface area contributed by atoms with Crippen molar-refractivity contribution in [2.24, 2.45) is 5.84 Å². The normalized spacial score (nSPS) is 11.3. The van der Waals surface area contributed by atoms with Gasteiger partial charge in [0.2, 0.25) is 10.0 Å². The molecule has 0 aromatic heterocycles. The highest BCUT2D eigenvalue weighted by atomic mass is 32.2. The van der Waals surface area contributed by atoms with Crippen molar-refractivity contribution in [1.29, 1.82) is 0 Å². The Balaban J connectivity index is 2.90. The average molecular weight is 318 g/mol. The first-order valence-corrected chi connectivity index (χ1v) is 7.73. The largest absolute Gasteiger partial charge is 0.382 e. The van der Waals surface area contributed by atoms with Crippen LogP contribution in [-0.4, -0.2) is 33.1 Å². The zero-order valence-corrected chi connectivity index (χ0v) is 12.4. The van der Waals surface area contributed by atoms with Gasteiger partial charge in [-0.05, 0) is 19.4 Å². The standard InChI is InChI=1S/C11H18N4O5S/c1-2-20-7-3-6-13-21(18,19)11-8-9(15(16)17)4-5-10(11)14-12/h4-5,8,13-14H,2-3,6-7,12H2,1H3. The number of rotatable bonds is 9. The second-order valence-electron chi connectivity index (χ2n) is 4.03. The molecule has 4 N–H and O–H groups in total. The molecule has 21 heavy (non-hydrogen) atoms. The first-order valence-electron chi connectivity index (χ1n) is 6.25. The minimum absolute atomic E-state index is 0.0814. The van der Waals surface area contributed by atoms with E-state index in [0.29, 0.717) is 19.6 Å². The SMILES string of the molecule is CCOCCCNS(=O)(=O)c1cc([N+](=O)[O-])ccc1NN. The molecule has 0 bridgehead atoms. The Kier molecular flexibility index (Phi) is 6.49. The minimum Gasteiger partial charge on any atom is -0.382 e. The topological polar surface area (TPSA) is 137 Å². The monoisotopic (exact) mass is 318 g/mol. The van der Waals surface area contributed by atoms with Crippen LogP contribution in [0.3, 0.4) is 0 Å². The number of nitrogen functional groups attached to an aromatic ring is 1. The molecule has 1 aromatic carbocycles. The number of nitro groups is 1. The van der Waals surface area contributed by atoms with Gasteiger partial charge in [0.05, 0.1) is 10.6 Å². The van der Waals surface area contributed by atoms with Gasteiger partial charge in [0, 0.05) is 31.9 Å². The summed E-state index contributed by atoms with van der Waals surface area (Å²) < 4.78 is 31.7. The predicted octanol–water partition coefficient (Wildman–Crippen LogP) is 0.585. The molecular formula is C11H18N4O5S. The van der Waals surface area contributed by atoms with E-state index in [1.54, 1.807) is 0 Å². The van der Waals surface area contributed by atoms with Gasteiger partial charge in [-0.15, -0.1) is 0 Å². The van der Waals surface area contributed by atoms with Gasteiger partial charge in [-0.1, -0.05) is 0 Å². The number of nitro benzene ring substituents is 1. The highest BCUT2D eigenvalue weighted by Crippen LogP contribution is 2.25. The summed E-state index contributed by atoms with van der Waals surface area (Å²) in [5, 5.41) is 10.7. The summed E-state index contributed by atoms with van der Waals surface area (Å²) in [5.41, 5.74) is 1.96. The van der Waals surface area contributed by atoms with Crippen molar-refractivity contribution >= 4 is 21.4 Å². The van der Waals surface area contributed by atoms with Crippen LogP contribution in [-0.2, 0) is 14.8 Å². The third kappa shape index (κ3) is 4.93. The highest BCUT2D eigenvalue weighted by molar-refractivity contribution is 7.89. The molecule has 0 aliphatic rings. The van der Waals surface area contributed by atoms with Gasteiger partial charge in [-0.25, -0.2) is 13.1 Å². The maximum absolute atomic E-state index is 12.1. The molecule has 0 heterocycles. The average Bonchev–Trinajstić information content (AvgIpc) is 2.46. The molecule has 0 fully saturated rings. The molecule has 118 valence electrons. The number of nitrogens with zero attached hydrogens (tertiary/aromatic N) is 1. The van der Waals surface area contributed by atoms with Crippen molar-refractivity contribution in [3.05, 3.63) is 28.3 Å². The Morgan fingerprint density at radius 2 is 2.14 bits per heavy atom. The molecule has 0 radical (unpaired) electrons. The first-order chi connectivity index (χ1) is 9.92. The van der Waals surface area contributed by atoms with E-state index < -0.39 is 14.9 Å². The zero-order valence-electron chi connectivity index (χ0n) is 11.5. The van der Waals surface area contributed by atoms with Crippen molar-refractivity contribution in [1.82, 2.24) is 4.72 Å². The quantitative estimate of drug-likeness (QED) is 0.262. The lowest BCUT2D eigenvalue weighted by Crippen LogP contribution is -2.27. The fourth-order valence-corrected chi connectivity index (χ4v) is 2.83. The molecule has 9 nitrogen and oxygen atoms in total. The maximum Gasteiger partial charge on any atom is 0.270 e. The molecule has 0 saturated carbocycles. The van der Waals surface area contributed by atoms with E-state index in [0.717, 1.165) is 6.07 Å². The number of sulfonamides is 1. The molecular weight excluding hydrogens is 300 g/mol. The first kappa shape index (κ1) is 17.3. The molecule has 1 aromatic rings. The molecule has 1 rings (SSSR count). The van der Waals surface area contributed by atoms with E-state index in [-0.39, 0.29) is 22.8 Å². The van der Waals surface area contributed by atoms with E-state index in [9.17, 15) is 18.5 Å². The van der Waals surface area contributed by atoms with E-state index >= 15 is 0 Å². The van der Waals surface area contributed by atoms with Gasteiger partial charge >= 0.3 is 0 Å². The van der Waals surface area contributed by atoms with Crippen molar-refractivity contribution in [2.45, 2.75) is 18.2 Å². The molecule has 0 atom stereocenters. The van der Waals surface area contributed by atoms with Gasteiger partial charge in [0.15, 0.2) is 0 Å². The zero-order chi connectivity index (χ0) is 15.9. The lowest BCUT2D eigenvalue weighted by atomic mass is 10.3. The number of hydrogen-bond donors (Lipinski definition) is 3. The van der Waals surface area contributed by atoms with Gasteiger partial charge in [0.1, 0.15) is 4.90 Å². The summed E-state index contributed by atoms with van der Waals surface area (Å²) >= 11 is 0. The fourth-order valence-electron chi connectivity index (χ4n) is 1.57. The van der Waals surface area contributed by atoms with E-state index in [4.69, 9.17) is 10.6 Å². The number of nitrogens with one attached hydrogen (secondary N) is 2. The Labute approximate surface area is 122 Å². The van der Waals surface area contributed by atoms with Crippen molar-refractivity contribution in [3.8, 4) is 0 Å². The Morgan fingerprint density at radius 1 is 1.43 bits per heavy atom. The molecule has 10 heteroatoms. The van der Waals surface area contributed by atoms with Gasteiger partial charge in [-0.2, -0.15) is 0 Å². The van der Waals surface area contributed by atoms with Gasteiger partial charge in [-0.3, -0.25) is 16.0 Å². The number of anilines is 1. The van der Waals surface area contributed by atoms with Crippen LogP contribution < -0.4 is 16.0 Å². The van der Waals surface area contributed by atoms with Gasteiger partial charge in [0.25, 0.3) is 5.69 Å². The lowest BCUT2D eigenvalue weighted by molar-refractivity contribution is -0.385. The molecule has 0 spiro atoms. The Bertz CT molecular complexity index is 590. The van der Waals surface area contributed by atoms with Crippen LogP contribution in [0.5, 0.6) is 0 Å². The summed E-state index contributed by atoms with van der Waals surface area (Å²) in [6.07, 6.45) is 0.493. The molecule has 0 saturated heterocycles. The van der Waals surface area contributed by atoms with E-state index in [1.165, 1.54) is 12.1 Å². The van der Waals surface area contributed by atoms with Crippen molar-refractivity contribution < 1.29 is 18.1 Å². The minimum atomic E-state index is -3.90. The fraction of sp³-hybridized carbons (Fsp3) is 0.455. The predicted molar refractivity (Wildman–Crippen MR) is 77.2 cm³/mol. The van der Waals surface area contributed by atoms with E-state index in [1.807, 2.05) is 6.92 Å². The van der Waals surface area contributed by atoms with Crippen LogP contribution in [0.4, 0.5) is 11.4 Å². The van der Waals surface area contributed by atoms with Gasteiger partial charge < -0.3 is 10.2 Å². The summed E-state index contributed by atoms with van der Waals surface area (Å²) in [6.45, 7) is 2.98. The second kappa shape index (κ2) is 7.88. The summed E-state index contributed by atoms with van der Waals surface area (Å²) in [4.78, 5) is 9.79.